The third-order valence-corrected chi connectivity index (χ3v) is 5.69. The van der Waals surface area contributed by atoms with Crippen molar-refractivity contribution >= 4 is 11.0 Å². The number of hydrogen-bond donors (Lipinski definition) is 1. The van der Waals surface area contributed by atoms with Crippen molar-refractivity contribution in [1.82, 2.24) is 24.6 Å². The molecule has 3 heterocycles. The first-order valence-electron chi connectivity index (χ1n) is 10.1. The molecule has 0 radical (unpaired) electrons. The van der Waals surface area contributed by atoms with Crippen molar-refractivity contribution < 1.29 is 9.13 Å². The molecule has 0 saturated heterocycles. The van der Waals surface area contributed by atoms with Gasteiger partial charge in [-0.05, 0) is 38.2 Å². The van der Waals surface area contributed by atoms with Crippen LogP contribution >= 0.6 is 0 Å². The second-order valence-electron chi connectivity index (χ2n) is 8.05. The van der Waals surface area contributed by atoms with Gasteiger partial charge in [-0.25, -0.2) is 9.37 Å². The number of nitrogens with zero attached hydrogens (tertiary/aromatic N) is 4. The third-order valence-electron chi connectivity index (χ3n) is 5.69. The van der Waals surface area contributed by atoms with Crippen LogP contribution in [0.4, 0.5) is 4.39 Å². The van der Waals surface area contributed by atoms with E-state index in [1.54, 1.807) is 12.4 Å². The molecule has 0 saturated carbocycles. The van der Waals surface area contributed by atoms with E-state index in [0.717, 1.165) is 42.2 Å². The Morgan fingerprint density at radius 1 is 1.27 bits per heavy atom. The lowest BCUT2D eigenvalue weighted by molar-refractivity contribution is 0.254. The quantitative estimate of drug-likeness (QED) is 0.548. The monoisotopic (exact) mass is 405 g/mol. The molecule has 4 aromatic rings. The first-order chi connectivity index (χ1) is 14.6. The average Bonchev–Trinajstić information content (AvgIpc) is 3.39. The van der Waals surface area contributed by atoms with E-state index >= 15 is 0 Å². The van der Waals surface area contributed by atoms with Crippen LogP contribution in [-0.2, 0) is 13.0 Å². The maximum absolute atomic E-state index is 14.9. The number of para-hydroxylation sites is 1. The Balaban J connectivity index is 1.61. The van der Waals surface area contributed by atoms with Crippen molar-refractivity contribution in [2.24, 2.45) is 0 Å². The maximum Gasteiger partial charge on any atom is 0.133 e. The molecule has 5 rings (SSSR count). The normalized spacial score (nSPS) is 16.1. The third kappa shape index (κ3) is 3.35. The molecule has 7 heteroatoms. The van der Waals surface area contributed by atoms with Crippen molar-refractivity contribution in [3.8, 4) is 16.9 Å². The molecule has 0 bridgehead atoms. The number of benzene rings is 2. The van der Waals surface area contributed by atoms with Crippen LogP contribution in [0.15, 0.2) is 48.8 Å². The Bertz CT molecular complexity index is 1180. The average molecular weight is 405 g/mol. The number of H-pyrrole nitrogens is 1. The van der Waals surface area contributed by atoms with E-state index in [9.17, 15) is 4.39 Å². The summed E-state index contributed by atoms with van der Waals surface area (Å²) >= 11 is 0. The topological polar surface area (TPSA) is 59.0 Å². The van der Waals surface area contributed by atoms with Crippen molar-refractivity contribution in [1.29, 1.82) is 0 Å². The second kappa shape index (κ2) is 7.57. The SMILES string of the molecule is CN(C)CCn1c(C2COc3ccccc3C2)nc2cc(F)c(-c3cn[nH]c3)cc21. The van der Waals surface area contributed by atoms with Gasteiger partial charge >= 0.3 is 0 Å². The number of aromatic amines is 1. The molecule has 30 heavy (non-hydrogen) atoms. The number of aromatic nitrogens is 4. The van der Waals surface area contributed by atoms with Gasteiger partial charge in [-0.3, -0.25) is 5.10 Å². The van der Waals surface area contributed by atoms with Crippen molar-refractivity contribution in [2.45, 2.75) is 18.9 Å². The lowest BCUT2D eigenvalue weighted by Gasteiger charge is -2.26. The summed E-state index contributed by atoms with van der Waals surface area (Å²) in [6.45, 7) is 2.20. The van der Waals surface area contributed by atoms with Gasteiger partial charge in [-0.2, -0.15) is 5.10 Å². The highest BCUT2D eigenvalue weighted by molar-refractivity contribution is 5.83. The highest BCUT2D eigenvalue weighted by Gasteiger charge is 2.27. The van der Waals surface area contributed by atoms with Crippen molar-refractivity contribution in [2.75, 3.05) is 27.2 Å². The maximum atomic E-state index is 14.9. The molecule has 1 aliphatic heterocycles. The molecular weight excluding hydrogens is 381 g/mol. The largest absolute Gasteiger partial charge is 0.493 e. The minimum absolute atomic E-state index is 0.120. The van der Waals surface area contributed by atoms with Crippen LogP contribution in [0.2, 0.25) is 0 Å². The molecule has 0 spiro atoms. The van der Waals surface area contributed by atoms with Gasteiger partial charge < -0.3 is 14.2 Å². The van der Waals surface area contributed by atoms with Crippen LogP contribution in [0, 0.1) is 5.82 Å². The summed E-state index contributed by atoms with van der Waals surface area (Å²) in [5.74, 6) is 1.72. The predicted octanol–water partition coefficient (Wildman–Crippen LogP) is 3.85. The fourth-order valence-corrected chi connectivity index (χ4v) is 4.12. The molecule has 1 aliphatic rings. The Labute approximate surface area is 174 Å². The molecule has 1 unspecified atom stereocenters. The van der Waals surface area contributed by atoms with E-state index in [2.05, 4.69) is 39.8 Å². The number of ether oxygens (including phenoxy) is 1. The number of hydrogen-bond acceptors (Lipinski definition) is 4. The molecule has 2 aromatic heterocycles. The summed E-state index contributed by atoms with van der Waals surface area (Å²) in [5.41, 5.74) is 4.05. The minimum atomic E-state index is -0.294. The number of imidazole rings is 1. The van der Waals surface area contributed by atoms with E-state index in [1.165, 1.54) is 11.6 Å². The van der Waals surface area contributed by atoms with E-state index in [4.69, 9.17) is 9.72 Å². The van der Waals surface area contributed by atoms with Gasteiger partial charge in [-0.1, -0.05) is 18.2 Å². The molecule has 0 fully saturated rings. The Hall–Kier alpha value is -3.19. The molecule has 0 amide bonds. The fourth-order valence-electron chi connectivity index (χ4n) is 4.12. The summed E-state index contributed by atoms with van der Waals surface area (Å²) in [5, 5.41) is 6.73. The Morgan fingerprint density at radius 3 is 2.93 bits per heavy atom. The molecule has 1 atom stereocenters. The molecule has 1 N–H and O–H groups in total. The van der Waals surface area contributed by atoms with E-state index in [0.29, 0.717) is 17.7 Å². The van der Waals surface area contributed by atoms with E-state index < -0.39 is 0 Å². The van der Waals surface area contributed by atoms with Gasteiger partial charge in [0.15, 0.2) is 0 Å². The van der Waals surface area contributed by atoms with Crippen molar-refractivity contribution in [3.05, 3.63) is 66.0 Å². The number of likely N-dealkylation sites (N-methyl/N-ethyl adjacent to an activating group) is 1. The molecular formula is C23H24FN5O. The Morgan fingerprint density at radius 2 is 2.13 bits per heavy atom. The van der Waals surface area contributed by atoms with E-state index in [1.807, 2.05) is 24.3 Å². The fraction of sp³-hybridized carbons (Fsp3) is 0.304. The van der Waals surface area contributed by atoms with Gasteiger partial charge in [0, 0.05) is 36.5 Å². The van der Waals surface area contributed by atoms with Crippen LogP contribution in [0.1, 0.15) is 17.3 Å². The van der Waals surface area contributed by atoms with Crippen molar-refractivity contribution in [3.63, 3.8) is 0 Å². The lowest BCUT2D eigenvalue weighted by Crippen LogP contribution is -2.25. The lowest BCUT2D eigenvalue weighted by atomic mass is 9.96. The number of halogens is 1. The van der Waals surface area contributed by atoms with Gasteiger partial charge in [0.05, 0.1) is 29.8 Å². The highest BCUT2D eigenvalue weighted by Crippen LogP contribution is 2.35. The summed E-state index contributed by atoms with van der Waals surface area (Å²) in [6.07, 6.45) is 4.20. The second-order valence-corrected chi connectivity index (χ2v) is 8.05. The zero-order valence-corrected chi connectivity index (χ0v) is 17.1. The molecule has 154 valence electrons. The van der Waals surface area contributed by atoms with Crippen LogP contribution in [-0.4, -0.2) is 51.9 Å². The summed E-state index contributed by atoms with van der Waals surface area (Å²) in [6, 6.07) is 11.6. The smallest absolute Gasteiger partial charge is 0.133 e. The Kier molecular flexibility index (Phi) is 4.75. The summed E-state index contributed by atoms with van der Waals surface area (Å²) in [4.78, 5) is 7.01. The zero-order chi connectivity index (χ0) is 20.7. The van der Waals surface area contributed by atoms with Gasteiger partial charge in [0.25, 0.3) is 0 Å². The number of fused-ring (bicyclic) bond motifs is 2. The molecule has 2 aromatic carbocycles. The van der Waals surface area contributed by atoms with Gasteiger partial charge in [-0.15, -0.1) is 0 Å². The van der Waals surface area contributed by atoms with Gasteiger partial charge in [0.1, 0.15) is 17.4 Å². The van der Waals surface area contributed by atoms with Gasteiger partial charge in [0.2, 0.25) is 0 Å². The number of rotatable bonds is 5. The van der Waals surface area contributed by atoms with Crippen LogP contribution < -0.4 is 4.74 Å². The first kappa shape index (κ1) is 18.8. The summed E-state index contributed by atoms with van der Waals surface area (Å²) < 4.78 is 23.1. The van der Waals surface area contributed by atoms with Crippen LogP contribution in [0.5, 0.6) is 5.75 Å². The number of nitrogens with one attached hydrogen (secondary N) is 1. The molecule has 0 aliphatic carbocycles. The highest BCUT2D eigenvalue weighted by atomic mass is 19.1. The van der Waals surface area contributed by atoms with Crippen LogP contribution in [0.25, 0.3) is 22.2 Å². The minimum Gasteiger partial charge on any atom is -0.493 e. The predicted molar refractivity (Wildman–Crippen MR) is 114 cm³/mol. The standard InChI is InChI=1S/C23H24FN5O/c1-28(2)7-8-29-21-10-18(17-12-25-26-13-17)19(24)11-20(21)27-23(29)16-9-15-5-3-4-6-22(15)30-14-16/h3-6,10-13,16H,7-9,14H2,1-2H3,(H,25,26). The molecule has 6 nitrogen and oxygen atoms in total. The van der Waals surface area contributed by atoms with E-state index in [-0.39, 0.29) is 11.7 Å². The summed E-state index contributed by atoms with van der Waals surface area (Å²) in [7, 11) is 4.10. The first-order valence-corrected chi connectivity index (χ1v) is 10.1. The van der Waals surface area contributed by atoms with Crippen LogP contribution in [0.3, 0.4) is 0 Å². The zero-order valence-electron chi connectivity index (χ0n) is 17.1.